The zero-order valence-corrected chi connectivity index (χ0v) is 13.5. The minimum atomic E-state index is 0.0547. The van der Waals surface area contributed by atoms with Crippen molar-refractivity contribution >= 4 is 11.6 Å². The third kappa shape index (κ3) is 2.76. The van der Waals surface area contributed by atoms with Crippen LogP contribution < -0.4 is 0 Å². The molecule has 0 saturated carbocycles. The Morgan fingerprint density at radius 3 is 2.59 bits per heavy atom. The lowest BCUT2D eigenvalue weighted by Crippen LogP contribution is -2.09. The van der Waals surface area contributed by atoms with Crippen molar-refractivity contribution < 1.29 is 4.52 Å². The van der Waals surface area contributed by atoms with Gasteiger partial charge in [-0.15, -0.1) is 0 Å². The van der Waals surface area contributed by atoms with E-state index in [0.717, 1.165) is 17.0 Å². The lowest BCUT2D eigenvalue weighted by molar-refractivity contribution is 0.341. The Morgan fingerprint density at radius 1 is 1.23 bits per heavy atom. The van der Waals surface area contributed by atoms with Gasteiger partial charge in [-0.2, -0.15) is 10.1 Å². The van der Waals surface area contributed by atoms with Gasteiger partial charge in [-0.05, 0) is 13.8 Å². The van der Waals surface area contributed by atoms with Crippen molar-refractivity contribution in [1.82, 2.24) is 19.9 Å². The molecule has 0 aliphatic heterocycles. The molecule has 2 heterocycles. The number of benzene rings is 1. The average Bonchev–Trinajstić information content (AvgIpc) is 3.11. The molecule has 0 saturated heterocycles. The Hall–Kier alpha value is -2.14. The van der Waals surface area contributed by atoms with Crippen LogP contribution in [0.1, 0.15) is 30.1 Å². The minimum absolute atomic E-state index is 0.0547. The van der Waals surface area contributed by atoms with E-state index in [9.17, 15) is 0 Å². The Balaban J connectivity index is 1.80. The van der Waals surface area contributed by atoms with E-state index in [4.69, 9.17) is 16.1 Å². The van der Waals surface area contributed by atoms with Crippen LogP contribution in [0, 0.1) is 13.8 Å². The molecular weight excluding hydrogens is 300 g/mol. The van der Waals surface area contributed by atoms with E-state index in [0.29, 0.717) is 23.3 Å². The van der Waals surface area contributed by atoms with E-state index in [-0.39, 0.29) is 5.92 Å². The largest absolute Gasteiger partial charge is 0.339 e. The lowest BCUT2D eigenvalue weighted by atomic mass is 10.2. The summed E-state index contributed by atoms with van der Waals surface area (Å²) in [4.78, 5) is 4.48. The lowest BCUT2D eigenvalue weighted by Gasteiger charge is -2.08. The van der Waals surface area contributed by atoms with Crippen LogP contribution in [0.3, 0.4) is 0 Å². The van der Waals surface area contributed by atoms with Crippen LogP contribution in [-0.2, 0) is 6.54 Å². The van der Waals surface area contributed by atoms with Gasteiger partial charge in [-0.1, -0.05) is 54.0 Å². The second-order valence-electron chi connectivity index (χ2n) is 5.39. The summed E-state index contributed by atoms with van der Waals surface area (Å²) >= 11 is 6.18. The first-order valence-corrected chi connectivity index (χ1v) is 7.52. The summed E-state index contributed by atoms with van der Waals surface area (Å²) < 4.78 is 7.28. The van der Waals surface area contributed by atoms with Gasteiger partial charge in [-0.25, -0.2) is 0 Å². The number of aromatic nitrogens is 4. The molecule has 1 unspecified atom stereocenters. The monoisotopic (exact) mass is 316 g/mol. The Morgan fingerprint density at radius 2 is 1.95 bits per heavy atom. The van der Waals surface area contributed by atoms with Gasteiger partial charge in [0.05, 0.1) is 28.9 Å². The van der Waals surface area contributed by atoms with Crippen molar-refractivity contribution in [2.24, 2.45) is 0 Å². The zero-order valence-electron chi connectivity index (χ0n) is 12.7. The first-order valence-electron chi connectivity index (χ1n) is 7.14. The third-order valence-corrected chi connectivity index (χ3v) is 4.18. The molecular formula is C16H17ClN4O. The third-order valence-electron chi connectivity index (χ3n) is 3.64. The maximum atomic E-state index is 6.18. The number of nitrogens with zero attached hydrogens (tertiary/aromatic N) is 4. The van der Waals surface area contributed by atoms with Crippen LogP contribution in [0.5, 0.6) is 0 Å². The van der Waals surface area contributed by atoms with Crippen molar-refractivity contribution in [2.45, 2.75) is 33.2 Å². The predicted molar refractivity (Wildman–Crippen MR) is 84.9 cm³/mol. The predicted octanol–water partition coefficient (Wildman–Crippen LogP) is 4.01. The highest BCUT2D eigenvalue weighted by Gasteiger charge is 2.18. The molecule has 0 amide bonds. The Labute approximate surface area is 133 Å². The quantitative estimate of drug-likeness (QED) is 0.729. The molecule has 0 bridgehead atoms. The number of hydrogen-bond donors (Lipinski definition) is 0. The Kier molecular flexibility index (Phi) is 3.98. The molecule has 2 aromatic heterocycles. The number of rotatable bonds is 4. The van der Waals surface area contributed by atoms with Crippen LogP contribution in [0.4, 0.5) is 0 Å². The first-order chi connectivity index (χ1) is 10.6. The van der Waals surface area contributed by atoms with Gasteiger partial charge in [0.15, 0.2) is 0 Å². The minimum Gasteiger partial charge on any atom is -0.339 e. The van der Waals surface area contributed by atoms with Gasteiger partial charge in [0.25, 0.3) is 0 Å². The SMILES string of the molecule is Cc1nn(CC(C)c2nc(-c3ccccc3)no2)c(C)c1Cl. The maximum Gasteiger partial charge on any atom is 0.231 e. The van der Waals surface area contributed by atoms with Crippen LogP contribution in [-0.4, -0.2) is 19.9 Å². The molecule has 3 rings (SSSR count). The molecule has 0 N–H and O–H groups in total. The zero-order chi connectivity index (χ0) is 15.7. The van der Waals surface area contributed by atoms with E-state index < -0.39 is 0 Å². The smallest absolute Gasteiger partial charge is 0.231 e. The molecule has 1 atom stereocenters. The Bertz CT molecular complexity index is 779. The molecule has 6 heteroatoms. The highest BCUT2D eigenvalue weighted by molar-refractivity contribution is 6.31. The molecule has 0 spiro atoms. The summed E-state index contributed by atoms with van der Waals surface area (Å²) in [7, 11) is 0. The molecule has 3 aromatic rings. The fourth-order valence-corrected chi connectivity index (χ4v) is 2.47. The van der Waals surface area contributed by atoms with E-state index >= 15 is 0 Å². The summed E-state index contributed by atoms with van der Waals surface area (Å²) in [5, 5.41) is 9.20. The fourth-order valence-electron chi connectivity index (χ4n) is 2.33. The van der Waals surface area contributed by atoms with E-state index in [1.54, 1.807) is 0 Å². The van der Waals surface area contributed by atoms with Gasteiger partial charge >= 0.3 is 0 Å². The van der Waals surface area contributed by atoms with Crippen molar-refractivity contribution in [3.05, 3.63) is 52.6 Å². The summed E-state index contributed by atoms with van der Waals surface area (Å²) in [6.07, 6.45) is 0. The fraction of sp³-hybridized carbons (Fsp3) is 0.312. The van der Waals surface area contributed by atoms with E-state index in [2.05, 4.69) is 15.2 Å². The standard InChI is InChI=1S/C16H17ClN4O/c1-10(9-21-12(3)14(17)11(2)19-21)16-18-15(20-22-16)13-7-5-4-6-8-13/h4-8,10H,9H2,1-3H3. The van der Waals surface area contributed by atoms with Crippen LogP contribution in [0.2, 0.25) is 5.02 Å². The summed E-state index contributed by atoms with van der Waals surface area (Å²) in [5.74, 6) is 1.26. The van der Waals surface area contributed by atoms with Gasteiger partial charge in [-0.3, -0.25) is 4.68 Å². The van der Waals surface area contributed by atoms with Crippen molar-refractivity contribution in [3.8, 4) is 11.4 Å². The normalized spacial score (nSPS) is 12.5. The van der Waals surface area contributed by atoms with Crippen molar-refractivity contribution in [3.63, 3.8) is 0 Å². The van der Waals surface area contributed by atoms with E-state index in [1.165, 1.54) is 0 Å². The van der Waals surface area contributed by atoms with Crippen LogP contribution >= 0.6 is 11.6 Å². The van der Waals surface area contributed by atoms with Crippen LogP contribution in [0.15, 0.2) is 34.9 Å². The van der Waals surface area contributed by atoms with E-state index in [1.807, 2.05) is 55.8 Å². The van der Waals surface area contributed by atoms with Crippen molar-refractivity contribution in [2.75, 3.05) is 0 Å². The summed E-state index contributed by atoms with van der Waals surface area (Å²) in [6.45, 7) is 6.54. The molecule has 0 aliphatic carbocycles. The highest BCUT2D eigenvalue weighted by Crippen LogP contribution is 2.24. The second kappa shape index (κ2) is 5.93. The van der Waals surface area contributed by atoms with Gasteiger partial charge in [0.2, 0.25) is 11.7 Å². The maximum absolute atomic E-state index is 6.18. The average molecular weight is 317 g/mol. The van der Waals surface area contributed by atoms with Gasteiger partial charge in [0.1, 0.15) is 0 Å². The molecule has 0 aliphatic rings. The number of hydrogen-bond acceptors (Lipinski definition) is 4. The summed E-state index contributed by atoms with van der Waals surface area (Å²) in [6, 6.07) is 9.78. The molecule has 0 radical (unpaired) electrons. The molecule has 1 aromatic carbocycles. The molecule has 22 heavy (non-hydrogen) atoms. The topological polar surface area (TPSA) is 56.7 Å². The number of aryl methyl sites for hydroxylation is 1. The van der Waals surface area contributed by atoms with Crippen molar-refractivity contribution in [1.29, 1.82) is 0 Å². The van der Waals surface area contributed by atoms with Gasteiger partial charge < -0.3 is 4.52 Å². The van der Waals surface area contributed by atoms with Gasteiger partial charge in [0, 0.05) is 5.56 Å². The highest BCUT2D eigenvalue weighted by atomic mass is 35.5. The summed E-state index contributed by atoms with van der Waals surface area (Å²) in [5.41, 5.74) is 2.73. The molecule has 0 fully saturated rings. The van der Waals surface area contributed by atoms with Crippen LogP contribution in [0.25, 0.3) is 11.4 Å². The first kappa shape index (κ1) is 14.8. The second-order valence-corrected chi connectivity index (χ2v) is 5.77. The molecule has 114 valence electrons. The number of halogens is 1. The molecule has 5 nitrogen and oxygen atoms in total.